The maximum Gasteiger partial charge on any atom is 0.261 e. The van der Waals surface area contributed by atoms with Crippen LogP contribution >= 0.6 is 11.3 Å². The summed E-state index contributed by atoms with van der Waals surface area (Å²) in [6.45, 7) is 4.09. The van der Waals surface area contributed by atoms with Gasteiger partial charge in [-0.1, -0.05) is 33.1 Å². The third-order valence-corrected chi connectivity index (χ3v) is 6.23. The minimum absolute atomic E-state index is 0.0248. The van der Waals surface area contributed by atoms with Crippen molar-refractivity contribution < 1.29 is 14.4 Å². The molecule has 7 heteroatoms. The van der Waals surface area contributed by atoms with Crippen molar-refractivity contribution in [3.63, 3.8) is 0 Å². The molecule has 1 fully saturated rings. The molecule has 0 unspecified atom stereocenters. The highest BCUT2D eigenvalue weighted by Gasteiger charge is 2.40. The fourth-order valence-corrected chi connectivity index (χ4v) is 4.72. The Balaban J connectivity index is 1.54. The first-order chi connectivity index (χ1) is 13.5. The van der Waals surface area contributed by atoms with Crippen LogP contribution < -0.4 is 5.32 Å². The molecule has 2 heterocycles. The van der Waals surface area contributed by atoms with Crippen molar-refractivity contribution in [2.75, 3.05) is 5.32 Å². The highest BCUT2D eigenvalue weighted by Crippen LogP contribution is 2.31. The SMILES string of the molecule is CC(C)c1csc(NC(=O)c2ccc3c(c2)C(=O)N(C2CCCCC2)C3=O)n1. The predicted molar refractivity (Wildman–Crippen MR) is 108 cm³/mol. The van der Waals surface area contributed by atoms with E-state index in [1.54, 1.807) is 12.1 Å². The van der Waals surface area contributed by atoms with Crippen LogP contribution in [0.2, 0.25) is 0 Å². The number of nitrogens with zero attached hydrogens (tertiary/aromatic N) is 2. The Labute approximate surface area is 168 Å². The molecular weight excluding hydrogens is 374 g/mol. The fourth-order valence-electron chi connectivity index (χ4n) is 3.85. The van der Waals surface area contributed by atoms with Crippen LogP contribution in [-0.2, 0) is 0 Å². The number of benzene rings is 1. The van der Waals surface area contributed by atoms with Gasteiger partial charge in [0.05, 0.1) is 16.8 Å². The summed E-state index contributed by atoms with van der Waals surface area (Å²) in [6, 6.07) is 4.70. The number of fused-ring (bicyclic) bond motifs is 1. The zero-order valence-corrected chi connectivity index (χ0v) is 16.8. The first kappa shape index (κ1) is 18.8. The summed E-state index contributed by atoms with van der Waals surface area (Å²) in [7, 11) is 0. The zero-order chi connectivity index (χ0) is 19.8. The Hall–Kier alpha value is -2.54. The third kappa shape index (κ3) is 3.35. The van der Waals surface area contributed by atoms with Gasteiger partial charge in [-0.15, -0.1) is 11.3 Å². The van der Waals surface area contributed by atoms with E-state index < -0.39 is 0 Å². The van der Waals surface area contributed by atoms with Gasteiger partial charge in [0.15, 0.2) is 5.13 Å². The number of anilines is 1. The highest BCUT2D eigenvalue weighted by molar-refractivity contribution is 7.14. The molecule has 0 bridgehead atoms. The van der Waals surface area contributed by atoms with Crippen LogP contribution in [0.5, 0.6) is 0 Å². The Kier molecular flexibility index (Phi) is 5.02. The van der Waals surface area contributed by atoms with Gasteiger partial charge >= 0.3 is 0 Å². The number of amides is 3. The molecule has 0 atom stereocenters. The van der Waals surface area contributed by atoms with Gasteiger partial charge in [-0.25, -0.2) is 4.98 Å². The number of carbonyl (C=O) groups is 3. The van der Waals surface area contributed by atoms with Gasteiger partial charge < -0.3 is 0 Å². The molecule has 146 valence electrons. The van der Waals surface area contributed by atoms with Crippen LogP contribution in [0.15, 0.2) is 23.6 Å². The molecule has 2 aromatic rings. The van der Waals surface area contributed by atoms with E-state index in [0.717, 1.165) is 37.8 Å². The number of aromatic nitrogens is 1. The van der Waals surface area contributed by atoms with Crippen molar-refractivity contribution in [1.82, 2.24) is 9.88 Å². The fraction of sp³-hybridized carbons (Fsp3) is 0.429. The summed E-state index contributed by atoms with van der Waals surface area (Å²) < 4.78 is 0. The topological polar surface area (TPSA) is 79.4 Å². The lowest BCUT2D eigenvalue weighted by atomic mass is 9.94. The molecule has 3 amide bonds. The third-order valence-electron chi connectivity index (χ3n) is 5.45. The van der Waals surface area contributed by atoms with E-state index in [2.05, 4.69) is 10.3 Å². The van der Waals surface area contributed by atoms with Crippen molar-refractivity contribution in [2.45, 2.75) is 57.9 Å². The van der Waals surface area contributed by atoms with Gasteiger partial charge in [0.25, 0.3) is 17.7 Å². The molecule has 1 aliphatic carbocycles. The molecule has 0 spiro atoms. The van der Waals surface area contributed by atoms with Crippen LogP contribution in [-0.4, -0.2) is 33.6 Å². The Morgan fingerprint density at radius 3 is 2.54 bits per heavy atom. The molecule has 4 rings (SSSR count). The highest BCUT2D eigenvalue weighted by atomic mass is 32.1. The standard InChI is InChI=1S/C21H23N3O3S/c1-12(2)17-11-28-21(22-17)23-18(25)13-8-9-15-16(10-13)20(27)24(19(15)26)14-6-4-3-5-7-14/h8-12,14H,3-7H2,1-2H3,(H,22,23,25). The lowest BCUT2D eigenvalue weighted by molar-refractivity contribution is 0.0549. The monoisotopic (exact) mass is 397 g/mol. The van der Waals surface area contributed by atoms with E-state index in [0.29, 0.717) is 21.8 Å². The lowest BCUT2D eigenvalue weighted by Crippen LogP contribution is -2.40. The first-order valence-electron chi connectivity index (χ1n) is 9.74. The van der Waals surface area contributed by atoms with Crippen molar-refractivity contribution in [3.8, 4) is 0 Å². The second-order valence-electron chi connectivity index (χ2n) is 7.72. The summed E-state index contributed by atoms with van der Waals surface area (Å²) in [4.78, 5) is 44.0. The second kappa shape index (κ2) is 7.47. The van der Waals surface area contributed by atoms with Gasteiger partial charge in [0.2, 0.25) is 0 Å². The smallest absolute Gasteiger partial charge is 0.261 e. The van der Waals surface area contributed by atoms with Crippen molar-refractivity contribution >= 4 is 34.2 Å². The van der Waals surface area contributed by atoms with Gasteiger partial charge in [-0.05, 0) is 37.0 Å². The Morgan fingerprint density at radius 2 is 1.86 bits per heavy atom. The number of carbonyl (C=O) groups excluding carboxylic acids is 3. The quantitative estimate of drug-likeness (QED) is 0.773. The average Bonchev–Trinajstić information content (AvgIpc) is 3.26. The Bertz CT molecular complexity index is 944. The average molecular weight is 398 g/mol. The van der Waals surface area contributed by atoms with E-state index in [4.69, 9.17) is 0 Å². The summed E-state index contributed by atoms with van der Waals surface area (Å²) in [6.07, 6.45) is 4.96. The molecular formula is C21H23N3O3S. The van der Waals surface area contributed by atoms with Crippen LogP contribution in [0.1, 0.15) is 88.6 Å². The summed E-state index contributed by atoms with van der Waals surface area (Å²) in [5.41, 5.74) is 2.00. The molecule has 6 nitrogen and oxygen atoms in total. The van der Waals surface area contributed by atoms with Crippen LogP contribution in [0.3, 0.4) is 0 Å². The largest absolute Gasteiger partial charge is 0.298 e. The van der Waals surface area contributed by atoms with Crippen LogP contribution in [0, 0.1) is 0 Å². The molecule has 28 heavy (non-hydrogen) atoms. The molecule has 1 aromatic heterocycles. The minimum atomic E-state index is -0.330. The zero-order valence-electron chi connectivity index (χ0n) is 16.0. The number of rotatable bonds is 4. The molecule has 1 aliphatic heterocycles. The van der Waals surface area contributed by atoms with E-state index in [9.17, 15) is 14.4 Å². The van der Waals surface area contributed by atoms with E-state index in [1.165, 1.54) is 22.3 Å². The van der Waals surface area contributed by atoms with Crippen molar-refractivity contribution in [2.24, 2.45) is 0 Å². The number of hydrogen-bond acceptors (Lipinski definition) is 5. The van der Waals surface area contributed by atoms with E-state index in [1.807, 2.05) is 19.2 Å². The molecule has 1 N–H and O–H groups in total. The molecule has 0 saturated heterocycles. The van der Waals surface area contributed by atoms with E-state index >= 15 is 0 Å². The van der Waals surface area contributed by atoms with Crippen molar-refractivity contribution in [3.05, 3.63) is 46.0 Å². The van der Waals surface area contributed by atoms with Gasteiger partial charge in [0, 0.05) is 17.0 Å². The van der Waals surface area contributed by atoms with Crippen molar-refractivity contribution in [1.29, 1.82) is 0 Å². The lowest BCUT2D eigenvalue weighted by Gasteiger charge is -2.29. The molecule has 2 aliphatic rings. The maximum atomic E-state index is 12.9. The predicted octanol–water partition coefficient (Wildman–Crippen LogP) is 4.45. The number of nitrogens with one attached hydrogen (secondary N) is 1. The normalized spacial score (nSPS) is 17.3. The van der Waals surface area contributed by atoms with Crippen LogP contribution in [0.4, 0.5) is 5.13 Å². The Morgan fingerprint density at radius 1 is 1.14 bits per heavy atom. The van der Waals surface area contributed by atoms with Gasteiger partial charge in [-0.3, -0.25) is 24.6 Å². The molecule has 1 aromatic carbocycles. The number of imide groups is 1. The van der Waals surface area contributed by atoms with E-state index in [-0.39, 0.29) is 29.7 Å². The van der Waals surface area contributed by atoms with Gasteiger partial charge in [0.1, 0.15) is 0 Å². The summed E-state index contributed by atoms with van der Waals surface area (Å²) in [5.74, 6) is -0.557. The minimum Gasteiger partial charge on any atom is -0.298 e. The van der Waals surface area contributed by atoms with Gasteiger partial charge in [-0.2, -0.15) is 0 Å². The van der Waals surface area contributed by atoms with Crippen LogP contribution in [0.25, 0.3) is 0 Å². The summed E-state index contributed by atoms with van der Waals surface area (Å²) >= 11 is 1.37. The summed E-state index contributed by atoms with van der Waals surface area (Å²) in [5, 5.41) is 5.24. The molecule has 0 radical (unpaired) electrons. The number of hydrogen-bond donors (Lipinski definition) is 1. The second-order valence-corrected chi connectivity index (χ2v) is 8.58. The number of thiazole rings is 1. The first-order valence-corrected chi connectivity index (χ1v) is 10.6. The molecule has 1 saturated carbocycles. The maximum absolute atomic E-state index is 12.9.